The molecule has 212 valence electrons. The van der Waals surface area contributed by atoms with Gasteiger partial charge in [-0.1, -0.05) is 84.6 Å². The van der Waals surface area contributed by atoms with E-state index in [0.717, 1.165) is 35.6 Å². The van der Waals surface area contributed by atoms with Crippen LogP contribution < -0.4 is 9.62 Å². The number of rotatable bonds is 11. The van der Waals surface area contributed by atoms with E-state index >= 15 is 0 Å². The highest BCUT2D eigenvalue weighted by Gasteiger charge is 2.33. The number of carbonyl (C=O) groups is 2. The Balaban J connectivity index is 1.66. The Hall–Kier alpha value is -3.07. The molecule has 0 saturated heterocycles. The maximum absolute atomic E-state index is 14.0. The molecular weight excluding hydrogens is 569 g/mol. The fourth-order valence-electron chi connectivity index (χ4n) is 4.88. The van der Waals surface area contributed by atoms with Gasteiger partial charge in [0.1, 0.15) is 12.6 Å². The smallest absolute Gasteiger partial charge is 0.264 e. The van der Waals surface area contributed by atoms with E-state index in [9.17, 15) is 18.0 Å². The molecule has 0 radical (unpaired) electrons. The van der Waals surface area contributed by atoms with E-state index in [1.807, 2.05) is 30.3 Å². The van der Waals surface area contributed by atoms with Gasteiger partial charge >= 0.3 is 0 Å². The van der Waals surface area contributed by atoms with Crippen molar-refractivity contribution in [1.82, 2.24) is 10.2 Å². The fourth-order valence-corrected chi connectivity index (χ4v) is 6.89. The van der Waals surface area contributed by atoms with Crippen molar-refractivity contribution in [2.75, 3.05) is 17.4 Å². The molecule has 10 heteroatoms. The minimum absolute atomic E-state index is 0.0108. The fraction of sp³-hybridized carbons (Fsp3) is 0.333. The molecule has 1 fully saturated rings. The van der Waals surface area contributed by atoms with Crippen LogP contribution in [0.4, 0.5) is 5.69 Å². The van der Waals surface area contributed by atoms with E-state index in [0.29, 0.717) is 11.4 Å². The molecule has 1 atom stereocenters. The molecule has 4 rings (SSSR count). The van der Waals surface area contributed by atoms with Crippen LogP contribution in [0, 0.1) is 0 Å². The SMILES string of the molecule is CC(C(=O)NC1CCCC1)N(CCc1ccccc1)C(=O)CN(c1ccc(Cl)cc1Cl)S(=O)(=O)c1ccccc1. The molecule has 40 heavy (non-hydrogen) atoms. The van der Waals surface area contributed by atoms with Crippen LogP contribution in [0.1, 0.15) is 38.2 Å². The van der Waals surface area contributed by atoms with E-state index in [2.05, 4.69) is 5.32 Å². The molecule has 1 unspecified atom stereocenters. The Labute approximate surface area is 246 Å². The van der Waals surface area contributed by atoms with Crippen molar-refractivity contribution >= 4 is 50.7 Å². The van der Waals surface area contributed by atoms with Crippen LogP contribution in [0.2, 0.25) is 10.0 Å². The van der Waals surface area contributed by atoms with Crippen molar-refractivity contribution in [1.29, 1.82) is 0 Å². The summed E-state index contributed by atoms with van der Waals surface area (Å²) in [4.78, 5) is 28.7. The van der Waals surface area contributed by atoms with Crippen LogP contribution in [0.25, 0.3) is 0 Å². The zero-order valence-electron chi connectivity index (χ0n) is 22.3. The third-order valence-electron chi connectivity index (χ3n) is 7.14. The van der Waals surface area contributed by atoms with Crippen molar-refractivity contribution in [3.05, 3.63) is 94.5 Å². The van der Waals surface area contributed by atoms with Gasteiger partial charge < -0.3 is 10.2 Å². The predicted octanol–water partition coefficient (Wildman–Crippen LogP) is 5.71. The summed E-state index contributed by atoms with van der Waals surface area (Å²) in [6.45, 7) is 1.36. The molecule has 2 amide bonds. The van der Waals surface area contributed by atoms with Crippen LogP contribution in [-0.4, -0.2) is 50.3 Å². The van der Waals surface area contributed by atoms with Gasteiger partial charge in [-0.05, 0) is 62.1 Å². The summed E-state index contributed by atoms with van der Waals surface area (Å²) in [5, 5.41) is 3.49. The van der Waals surface area contributed by atoms with E-state index < -0.39 is 28.5 Å². The number of nitrogens with one attached hydrogen (secondary N) is 1. The molecule has 0 bridgehead atoms. The van der Waals surface area contributed by atoms with Gasteiger partial charge in [-0.25, -0.2) is 8.42 Å². The Kier molecular flexibility index (Phi) is 10.1. The second kappa shape index (κ2) is 13.5. The largest absolute Gasteiger partial charge is 0.352 e. The van der Waals surface area contributed by atoms with Crippen LogP contribution in [0.15, 0.2) is 83.8 Å². The topological polar surface area (TPSA) is 86.8 Å². The summed E-state index contributed by atoms with van der Waals surface area (Å²) in [6, 6.07) is 21.2. The van der Waals surface area contributed by atoms with E-state index in [4.69, 9.17) is 23.2 Å². The number of halogens is 2. The average molecular weight is 603 g/mol. The summed E-state index contributed by atoms with van der Waals surface area (Å²) in [5.41, 5.74) is 1.12. The number of hydrogen-bond acceptors (Lipinski definition) is 4. The summed E-state index contributed by atoms with van der Waals surface area (Å²) >= 11 is 12.5. The van der Waals surface area contributed by atoms with Crippen molar-refractivity contribution < 1.29 is 18.0 Å². The minimum Gasteiger partial charge on any atom is -0.352 e. The van der Waals surface area contributed by atoms with Gasteiger partial charge in [-0.3, -0.25) is 13.9 Å². The third-order valence-corrected chi connectivity index (χ3v) is 9.45. The van der Waals surface area contributed by atoms with Gasteiger partial charge in [0, 0.05) is 17.6 Å². The molecule has 7 nitrogen and oxygen atoms in total. The zero-order chi connectivity index (χ0) is 28.7. The van der Waals surface area contributed by atoms with Crippen LogP contribution in [0.3, 0.4) is 0 Å². The molecule has 3 aromatic rings. The first-order chi connectivity index (χ1) is 19.2. The first-order valence-corrected chi connectivity index (χ1v) is 15.5. The van der Waals surface area contributed by atoms with Gasteiger partial charge in [0.05, 0.1) is 15.6 Å². The number of hydrogen-bond donors (Lipinski definition) is 1. The Morgan fingerprint density at radius 2 is 1.57 bits per heavy atom. The number of carbonyl (C=O) groups excluding carboxylic acids is 2. The van der Waals surface area contributed by atoms with Crippen molar-refractivity contribution in [2.24, 2.45) is 0 Å². The predicted molar refractivity (Wildman–Crippen MR) is 159 cm³/mol. The van der Waals surface area contributed by atoms with Gasteiger partial charge in [-0.15, -0.1) is 0 Å². The van der Waals surface area contributed by atoms with E-state index in [1.54, 1.807) is 25.1 Å². The Morgan fingerprint density at radius 3 is 2.20 bits per heavy atom. The van der Waals surface area contributed by atoms with Crippen LogP contribution >= 0.6 is 23.2 Å². The molecule has 0 aliphatic heterocycles. The van der Waals surface area contributed by atoms with Crippen molar-refractivity contribution in [2.45, 2.75) is 56.0 Å². The van der Waals surface area contributed by atoms with Gasteiger partial charge in [-0.2, -0.15) is 0 Å². The molecule has 0 aromatic heterocycles. The third kappa shape index (κ3) is 7.36. The quantitative estimate of drug-likeness (QED) is 0.305. The summed E-state index contributed by atoms with van der Waals surface area (Å²) in [7, 11) is -4.19. The van der Waals surface area contributed by atoms with Crippen LogP contribution in [-0.2, 0) is 26.0 Å². The highest BCUT2D eigenvalue weighted by Crippen LogP contribution is 2.33. The standard InChI is InChI=1S/C30H33Cl2N3O4S/c1-22(30(37)33-25-12-8-9-13-25)34(19-18-23-10-4-2-5-11-23)29(36)21-35(28-17-16-24(31)20-27(28)32)40(38,39)26-14-6-3-7-15-26/h2-7,10-11,14-17,20,22,25H,8-9,12-13,18-19,21H2,1H3,(H,33,37). The lowest BCUT2D eigenvalue weighted by Crippen LogP contribution is -2.53. The number of amides is 2. The lowest BCUT2D eigenvalue weighted by molar-refractivity contribution is -0.139. The minimum atomic E-state index is -4.19. The van der Waals surface area contributed by atoms with Crippen LogP contribution in [0.5, 0.6) is 0 Å². The maximum atomic E-state index is 14.0. The lowest BCUT2D eigenvalue weighted by atomic mass is 10.1. The maximum Gasteiger partial charge on any atom is 0.264 e. The average Bonchev–Trinajstić information content (AvgIpc) is 3.46. The molecule has 0 heterocycles. The molecule has 1 N–H and O–H groups in total. The van der Waals surface area contributed by atoms with Gasteiger partial charge in [0.2, 0.25) is 11.8 Å². The first kappa shape index (κ1) is 29.9. The number of anilines is 1. The van der Waals surface area contributed by atoms with Gasteiger partial charge in [0.25, 0.3) is 10.0 Å². The van der Waals surface area contributed by atoms with E-state index in [1.165, 1.54) is 35.2 Å². The van der Waals surface area contributed by atoms with Crippen molar-refractivity contribution in [3.63, 3.8) is 0 Å². The molecule has 1 aliphatic carbocycles. The Morgan fingerprint density at radius 1 is 0.950 bits per heavy atom. The normalized spacial score (nSPS) is 14.5. The zero-order valence-corrected chi connectivity index (χ0v) is 24.6. The highest BCUT2D eigenvalue weighted by molar-refractivity contribution is 7.92. The molecule has 0 spiro atoms. The number of sulfonamides is 1. The van der Waals surface area contributed by atoms with Crippen molar-refractivity contribution in [3.8, 4) is 0 Å². The van der Waals surface area contributed by atoms with Gasteiger partial charge in [0.15, 0.2) is 0 Å². The highest BCUT2D eigenvalue weighted by atomic mass is 35.5. The monoisotopic (exact) mass is 601 g/mol. The summed E-state index contributed by atoms with van der Waals surface area (Å²) < 4.78 is 28.6. The second-order valence-electron chi connectivity index (χ2n) is 9.91. The molecule has 3 aromatic carbocycles. The Bertz CT molecular complexity index is 1420. The molecular formula is C30H33Cl2N3O4S. The second-order valence-corrected chi connectivity index (χ2v) is 12.6. The summed E-state index contributed by atoms with van der Waals surface area (Å²) in [5.74, 6) is -0.772. The first-order valence-electron chi connectivity index (χ1n) is 13.3. The summed E-state index contributed by atoms with van der Waals surface area (Å²) in [6.07, 6.45) is 4.44. The number of benzene rings is 3. The molecule has 1 aliphatic rings. The molecule has 1 saturated carbocycles. The lowest BCUT2D eigenvalue weighted by Gasteiger charge is -2.32. The number of nitrogens with zero attached hydrogens (tertiary/aromatic N) is 2. The van der Waals surface area contributed by atoms with E-state index in [-0.39, 0.29) is 34.1 Å².